The van der Waals surface area contributed by atoms with E-state index >= 15 is 0 Å². The van der Waals surface area contributed by atoms with E-state index in [2.05, 4.69) is 34.6 Å². The molecule has 1 nitrogen and oxygen atoms in total. The second-order valence-electron chi connectivity index (χ2n) is 12.6. The van der Waals surface area contributed by atoms with Gasteiger partial charge in [0.15, 0.2) is 0 Å². The van der Waals surface area contributed by atoms with Crippen molar-refractivity contribution in [2.75, 3.05) is 0 Å². The molecule has 0 saturated heterocycles. The number of rotatable bonds is 5. The van der Waals surface area contributed by atoms with E-state index in [9.17, 15) is 5.11 Å². The van der Waals surface area contributed by atoms with Gasteiger partial charge in [-0.15, -0.1) is 0 Å². The first-order valence-corrected chi connectivity index (χ1v) is 12.9. The minimum Gasteiger partial charge on any atom is -0.393 e. The molecule has 162 valence electrons. The molecular formula is C27H48O. The Balaban J connectivity index is 1.46. The van der Waals surface area contributed by atoms with Gasteiger partial charge in [0, 0.05) is 0 Å². The van der Waals surface area contributed by atoms with Crippen LogP contribution in [0.1, 0.15) is 112 Å². The van der Waals surface area contributed by atoms with Crippen LogP contribution >= 0.6 is 0 Å². The Morgan fingerprint density at radius 3 is 2.29 bits per heavy atom. The van der Waals surface area contributed by atoms with E-state index in [1.165, 1.54) is 64.2 Å². The van der Waals surface area contributed by atoms with Gasteiger partial charge in [-0.2, -0.15) is 0 Å². The van der Waals surface area contributed by atoms with Gasteiger partial charge < -0.3 is 5.11 Å². The molecule has 4 saturated carbocycles. The van der Waals surface area contributed by atoms with Crippen molar-refractivity contribution in [3.05, 3.63) is 0 Å². The van der Waals surface area contributed by atoms with Crippen molar-refractivity contribution in [2.24, 2.45) is 52.3 Å². The third-order valence-corrected chi connectivity index (χ3v) is 10.8. The fourth-order valence-corrected chi connectivity index (χ4v) is 9.26. The third-order valence-electron chi connectivity index (χ3n) is 10.8. The van der Waals surface area contributed by atoms with Crippen LogP contribution in [0.25, 0.3) is 0 Å². The van der Waals surface area contributed by atoms with E-state index in [-0.39, 0.29) is 6.10 Å². The molecule has 0 bridgehead atoms. The maximum atomic E-state index is 10.3. The van der Waals surface area contributed by atoms with Gasteiger partial charge in [-0.3, -0.25) is 0 Å². The van der Waals surface area contributed by atoms with E-state index in [0.717, 1.165) is 54.3 Å². The molecule has 0 aromatic rings. The van der Waals surface area contributed by atoms with Gasteiger partial charge in [0.25, 0.3) is 0 Å². The average molecular weight is 389 g/mol. The molecule has 0 aromatic heterocycles. The summed E-state index contributed by atoms with van der Waals surface area (Å²) in [7, 11) is 0. The summed E-state index contributed by atoms with van der Waals surface area (Å²) in [6.07, 6.45) is 16.6. The second kappa shape index (κ2) is 7.90. The molecule has 0 unspecified atom stereocenters. The molecule has 1 N–H and O–H groups in total. The van der Waals surface area contributed by atoms with E-state index < -0.39 is 0 Å². The lowest BCUT2D eigenvalue weighted by Gasteiger charge is -2.61. The first kappa shape index (κ1) is 21.2. The molecular weight excluding hydrogens is 340 g/mol. The Bertz CT molecular complexity index is 540. The SMILES string of the molecule is CC(C)CCC[C@@H](C)[C@@H]1CC[C@@H]2[C@@H]3CC[C@H]4C[C@H](O)CC[C@]4(C)[C@@H]3CC[C@@]21C. The van der Waals surface area contributed by atoms with Gasteiger partial charge in [0.2, 0.25) is 0 Å². The predicted octanol–water partition coefficient (Wildman–Crippen LogP) is 7.47. The largest absolute Gasteiger partial charge is 0.393 e. The fourth-order valence-electron chi connectivity index (χ4n) is 9.26. The van der Waals surface area contributed by atoms with Crippen LogP contribution in [0.4, 0.5) is 0 Å². The van der Waals surface area contributed by atoms with Gasteiger partial charge in [-0.1, -0.05) is 53.9 Å². The van der Waals surface area contributed by atoms with Gasteiger partial charge in [-0.05, 0) is 110 Å². The first-order valence-electron chi connectivity index (χ1n) is 12.9. The second-order valence-corrected chi connectivity index (χ2v) is 12.6. The molecule has 4 fully saturated rings. The fraction of sp³-hybridized carbons (Fsp3) is 1.00. The van der Waals surface area contributed by atoms with Gasteiger partial charge >= 0.3 is 0 Å². The summed E-state index contributed by atoms with van der Waals surface area (Å²) in [5, 5.41) is 10.3. The highest BCUT2D eigenvalue weighted by Crippen LogP contribution is 2.68. The summed E-state index contributed by atoms with van der Waals surface area (Å²) >= 11 is 0. The maximum Gasteiger partial charge on any atom is 0.0543 e. The first-order chi connectivity index (χ1) is 13.3. The van der Waals surface area contributed by atoms with E-state index in [4.69, 9.17) is 0 Å². The predicted molar refractivity (Wildman–Crippen MR) is 119 cm³/mol. The lowest BCUT2D eigenvalue weighted by molar-refractivity contribution is -0.129. The van der Waals surface area contributed by atoms with Crippen LogP contribution in [0.15, 0.2) is 0 Å². The molecule has 0 radical (unpaired) electrons. The van der Waals surface area contributed by atoms with Crippen LogP contribution in [0.2, 0.25) is 0 Å². The Morgan fingerprint density at radius 1 is 0.821 bits per heavy atom. The van der Waals surface area contributed by atoms with Gasteiger partial charge in [0.05, 0.1) is 6.10 Å². The molecule has 0 spiro atoms. The molecule has 4 rings (SSSR count). The average Bonchev–Trinajstić information content (AvgIpc) is 2.99. The topological polar surface area (TPSA) is 20.2 Å². The summed E-state index contributed by atoms with van der Waals surface area (Å²) < 4.78 is 0. The zero-order valence-electron chi connectivity index (χ0n) is 19.6. The van der Waals surface area contributed by atoms with Crippen LogP contribution in [0.3, 0.4) is 0 Å². The summed E-state index contributed by atoms with van der Waals surface area (Å²) in [6.45, 7) is 12.7. The van der Waals surface area contributed by atoms with E-state index in [1.807, 2.05) is 0 Å². The summed E-state index contributed by atoms with van der Waals surface area (Å²) in [5.41, 5.74) is 1.15. The molecule has 0 heterocycles. The zero-order valence-corrected chi connectivity index (χ0v) is 19.6. The molecule has 4 aliphatic rings. The van der Waals surface area contributed by atoms with Gasteiger partial charge in [-0.25, -0.2) is 0 Å². The van der Waals surface area contributed by atoms with Crippen LogP contribution in [-0.4, -0.2) is 11.2 Å². The Morgan fingerprint density at radius 2 is 1.54 bits per heavy atom. The Kier molecular flexibility index (Phi) is 5.98. The van der Waals surface area contributed by atoms with Crippen LogP contribution in [0.5, 0.6) is 0 Å². The van der Waals surface area contributed by atoms with Crippen molar-refractivity contribution in [1.29, 1.82) is 0 Å². The summed E-state index contributed by atoms with van der Waals surface area (Å²) in [6, 6.07) is 0. The molecule has 9 atom stereocenters. The number of hydrogen-bond donors (Lipinski definition) is 1. The van der Waals surface area contributed by atoms with Crippen molar-refractivity contribution in [1.82, 2.24) is 0 Å². The molecule has 1 heteroatoms. The molecule has 0 aromatic carbocycles. The van der Waals surface area contributed by atoms with Crippen molar-refractivity contribution in [2.45, 2.75) is 118 Å². The smallest absolute Gasteiger partial charge is 0.0543 e. The normalized spacial score (nSPS) is 49.4. The lowest BCUT2D eigenvalue weighted by atomic mass is 9.44. The molecule has 0 aliphatic heterocycles. The third kappa shape index (κ3) is 3.50. The highest BCUT2D eigenvalue weighted by molar-refractivity contribution is 5.09. The minimum absolute atomic E-state index is 0.00830. The number of aliphatic hydroxyl groups is 1. The monoisotopic (exact) mass is 388 g/mol. The van der Waals surface area contributed by atoms with E-state index in [0.29, 0.717) is 10.8 Å². The van der Waals surface area contributed by atoms with E-state index in [1.54, 1.807) is 0 Å². The minimum atomic E-state index is -0.00830. The quantitative estimate of drug-likeness (QED) is 0.518. The summed E-state index contributed by atoms with van der Waals surface area (Å²) in [4.78, 5) is 0. The highest BCUT2D eigenvalue weighted by Gasteiger charge is 2.60. The standard InChI is InChI=1S/C27H48O/c1-18(2)7-6-8-19(3)23-11-12-24-22-10-9-20-17-21(28)13-15-26(20,4)25(22)14-16-27(23,24)5/h18-25,28H,6-17H2,1-5H3/t19-,20+,21-,22+,23+,24-,25-,26+,27-/m1/s1. The highest BCUT2D eigenvalue weighted by atomic mass is 16.3. The number of hydrogen-bond acceptors (Lipinski definition) is 1. The van der Waals surface area contributed by atoms with Gasteiger partial charge in [0.1, 0.15) is 0 Å². The van der Waals surface area contributed by atoms with Crippen molar-refractivity contribution in [3.8, 4) is 0 Å². The Hall–Kier alpha value is -0.0400. The zero-order chi connectivity index (χ0) is 20.1. The molecule has 4 aliphatic carbocycles. The number of aliphatic hydroxyl groups excluding tert-OH is 1. The number of fused-ring (bicyclic) bond motifs is 5. The van der Waals surface area contributed by atoms with Crippen LogP contribution in [0, 0.1) is 52.3 Å². The van der Waals surface area contributed by atoms with Crippen molar-refractivity contribution in [3.63, 3.8) is 0 Å². The Labute approximate surface area is 175 Å². The molecule has 0 amide bonds. The van der Waals surface area contributed by atoms with Crippen LogP contribution in [-0.2, 0) is 0 Å². The summed E-state index contributed by atoms with van der Waals surface area (Å²) in [5.74, 6) is 6.49. The molecule has 28 heavy (non-hydrogen) atoms. The maximum absolute atomic E-state index is 10.3. The van der Waals surface area contributed by atoms with Crippen molar-refractivity contribution < 1.29 is 5.11 Å². The lowest BCUT2D eigenvalue weighted by Crippen LogP contribution is -2.54. The van der Waals surface area contributed by atoms with Crippen LogP contribution < -0.4 is 0 Å². The van der Waals surface area contributed by atoms with Crippen molar-refractivity contribution >= 4 is 0 Å².